The van der Waals surface area contributed by atoms with Crippen molar-refractivity contribution in [2.24, 2.45) is 11.1 Å². The molecule has 0 saturated carbocycles. The third kappa shape index (κ3) is 2.09. The maximum Gasteiger partial charge on any atom is 0.224 e. The van der Waals surface area contributed by atoms with E-state index < -0.39 is 0 Å². The molecule has 2 atom stereocenters. The van der Waals surface area contributed by atoms with Gasteiger partial charge in [-0.1, -0.05) is 0 Å². The van der Waals surface area contributed by atoms with Crippen molar-refractivity contribution in [3.8, 4) is 0 Å². The van der Waals surface area contributed by atoms with Gasteiger partial charge in [-0.2, -0.15) is 0 Å². The van der Waals surface area contributed by atoms with Gasteiger partial charge in [-0.15, -0.1) is 0 Å². The van der Waals surface area contributed by atoms with Crippen LogP contribution in [0.2, 0.25) is 0 Å². The zero-order valence-corrected chi connectivity index (χ0v) is 10.5. The second-order valence-corrected chi connectivity index (χ2v) is 6.27. The van der Waals surface area contributed by atoms with Gasteiger partial charge >= 0.3 is 0 Å². The van der Waals surface area contributed by atoms with Crippen LogP contribution in [0.4, 0.5) is 0 Å². The number of nitrogens with two attached hydrogens (primary N) is 1. The number of likely N-dealkylation sites (tertiary alicyclic amines) is 1. The van der Waals surface area contributed by atoms with Crippen molar-refractivity contribution in [3.05, 3.63) is 0 Å². The average molecular weight is 225 g/mol. The molecular formula is C12H23N3O. The Morgan fingerprint density at radius 1 is 1.44 bits per heavy atom. The molecule has 2 unspecified atom stereocenters. The molecular weight excluding hydrogens is 202 g/mol. The Balaban J connectivity index is 1.97. The second-order valence-electron chi connectivity index (χ2n) is 6.27. The summed E-state index contributed by atoms with van der Waals surface area (Å²) >= 11 is 0. The number of primary amides is 1. The number of rotatable bonds is 2. The van der Waals surface area contributed by atoms with E-state index in [4.69, 9.17) is 5.73 Å². The summed E-state index contributed by atoms with van der Waals surface area (Å²) in [5.74, 6) is -0.153. The fourth-order valence-electron chi connectivity index (χ4n) is 2.90. The molecule has 0 aromatic heterocycles. The molecule has 0 radical (unpaired) electrons. The van der Waals surface area contributed by atoms with Gasteiger partial charge in [0.1, 0.15) is 0 Å². The van der Waals surface area contributed by atoms with Crippen LogP contribution in [0.3, 0.4) is 0 Å². The van der Waals surface area contributed by atoms with E-state index in [1.54, 1.807) is 0 Å². The number of carbonyl (C=O) groups excluding carboxylic acids is 1. The van der Waals surface area contributed by atoms with Crippen molar-refractivity contribution >= 4 is 5.91 Å². The van der Waals surface area contributed by atoms with Crippen molar-refractivity contribution in [2.75, 3.05) is 19.6 Å². The van der Waals surface area contributed by atoms with E-state index in [0.717, 1.165) is 32.5 Å². The van der Waals surface area contributed by atoms with E-state index in [0.29, 0.717) is 6.04 Å². The summed E-state index contributed by atoms with van der Waals surface area (Å²) in [6.07, 6.45) is 2.06. The fourth-order valence-corrected chi connectivity index (χ4v) is 2.90. The fraction of sp³-hybridized carbons (Fsp3) is 0.917. The van der Waals surface area contributed by atoms with Gasteiger partial charge in [0, 0.05) is 24.7 Å². The smallest absolute Gasteiger partial charge is 0.224 e. The maximum absolute atomic E-state index is 11.4. The first-order chi connectivity index (χ1) is 7.32. The monoisotopic (exact) mass is 225 g/mol. The minimum absolute atomic E-state index is 0.153. The van der Waals surface area contributed by atoms with Gasteiger partial charge in [-0.05, 0) is 40.2 Å². The van der Waals surface area contributed by atoms with Crippen molar-refractivity contribution in [1.29, 1.82) is 0 Å². The maximum atomic E-state index is 11.4. The highest BCUT2D eigenvalue weighted by atomic mass is 16.1. The average Bonchev–Trinajstić information content (AvgIpc) is 2.70. The van der Waals surface area contributed by atoms with Crippen LogP contribution in [-0.2, 0) is 4.79 Å². The lowest BCUT2D eigenvalue weighted by molar-refractivity contribution is -0.126. The third-order valence-corrected chi connectivity index (χ3v) is 4.18. The van der Waals surface area contributed by atoms with E-state index in [-0.39, 0.29) is 16.9 Å². The van der Waals surface area contributed by atoms with E-state index in [1.165, 1.54) is 0 Å². The van der Waals surface area contributed by atoms with Crippen LogP contribution in [0, 0.1) is 5.41 Å². The molecule has 4 nitrogen and oxygen atoms in total. The molecule has 0 aromatic carbocycles. The van der Waals surface area contributed by atoms with Crippen LogP contribution in [0.5, 0.6) is 0 Å². The van der Waals surface area contributed by atoms with E-state index in [2.05, 4.69) is 24.1 Å². The van der Waals surface area contributed by atoms with Crippen LogP contribution in [0.15, 0.2) is 0 Å². The molecule has 0 aromatic rings. The number of carbonyl (C=O) groups is 1. The first kappa shape index (κ1) is 11.9. The molecule has 2 aliphatic rings. The van der Waals surface area contributed by atoms with Crippen molar-refractivity contribution in [3.63, 3.8) is 0 Å². The highest BCUT2D eigenvalue weighted by Crippen LogP contribution is 2.33. The molecule has 0 bridgehead atoms. The molecule has 0 spiro atoms. The topological polar surface area (TPSA) is 58.4 Å². The van der Waals surface area contributed by atoms with Crippen LogP contribution < -0.4 is 11.1 Å². The molecule has 2 aliphatic heterocycles. The van der Waals surface area contributed by atoms with Gasteiger partial charge < -0.3 is 11.1 Å². The number of hydrogen-bond acceptors (Lipinski definition) is 3. The Morgan fingerprint density at radius 2 is 2.12 bits per heavy atom. The number of hydrogen-bond donors (Lipinski definition) is 2. The van der Waals surface area contributed by atoms with E-state index in [1.807, 2.05) is 6.92 Å². The van der Waals surface area contributed by atoms with Gasteiger partial charge in [0.15, 0.2) is 0 Å². The summed E-state index contributed by atoms with van der Waals surface area (Å²) < 4.78 is 0. The van der Waals surface area contributed by atoms with E-state index >= 15 is 0 Å². The Morgan fingerprint density at radius 3 is 2.56 bits per heavy atom. The molecule has 92 valence electrons. The van der Waals surface area contributed by atoms with Crippen LogP contribution in [0.25, 0.3) is 0 Å². The lowest BCUT2D eigenvalue weighted by Crippen LogP contribution is -2.40. The highest BCUT2D eigenvalue weighted by Gasteiger charge is 2.43. The predicted molar refractivity (Wildman–Crippen MR) is 64.0 cm³/mol. The first-order valence-corrected chi connectivity index (χ1v) is 6.11. The van der Waals surface area contributed by atoms with Gasteiger partial charge in [0.25, 0.3) is 0 Å². The van der Waals surface area contributed by atoms with Crippen molar-refractivity contribution in [1.82, 2.24) is 10.2 Å². The summed E-state index contributed by atoms with van der Waals surface area (Å²) in [5.41, 5.74) is 5.38. The first-order valence-electron chi connectivity index (χ1n) is 6.11. The second kappa shape index (κ2) is 3.70. The summed E-state index contributed by atoms with van der Waals surface area (Å²) in [6, 6.07) is 0.566. The minimum atomic E-state index is -0.313. The highest BCUT2D eigenvalue weighted by molar-refractivity contribution is 5.81. The lowest BCUT2D eigenvalue weighted by atomic mass is 9.89. The summed E-state index contributed by atoms with van der Waals surface area (Å²) in [7, 11) is 0. The van der Waals surface area contributed by atoms with Crippen LogP contribution >= 0.6 is 0 Å². The Hall–Kier alpha value is -0.610. The van der Waals surface area contributed by atoms with Crippen molar-refractivity contribution in [2.45, 2.75) is 45.2 Å². The predicted octanol–water partition coefficient (Wildman–Crippen LogP) is 0.324. The minimum Gasteiger partial charge on any atom is -0.369 e. The van der Waals surface area contributed by atoms with Crippen LogP contribution in [0.1, 0.15) is 33.6 Å². The molecule has 2 rings (SSSR count). The van der Waals surface area contributed by atoms with Crippen molar-refractivity contribution < 1.29 is 4.79 Å². The lowest BCUT2D eigenvalue weighted by Gasteiger charge is -2.26. The van der Waals surface area contributed by atoms with Gasteiger partial charge in [0.05, 0.1) is 5.41 Å². The standard InChI is InChI=1S/C12H23N3O/c1-11(2)6-9(7-14-11)15-5-4-12(3,8-15)10(13)16/h9,14H,4-8H2,1-3H3,(H2,13,16). The zero-order valence-electron chi connectivity index (χ0n) is 10.5. The Bertz CT molecular complexity index is 303. The normalized spacial score (nSPS) is 39.1. The number of nitrogens with zero attached hydrogens (tertiary/aromatic N) is 1. The van der Waals surface area contributed by atoms with Gasteiger partial charge in [-0.25, -0.2) is 0 Å². The van der Waals surface area contributed by atoms with Gasteiger partial charge in [-0.3, -0.25) is 9.69 Å². The summed E-state index contributed by atoms with van der Waals surface area (Å²) in [5, 5.41) is 3.52. The molecule has 2 fully saturated rings. The molecule has 16 heavy (non-hydrogen) atoms. The molecule has 3 N–H and O–H groups in total. The van der Waals surface area contributed by atoms with E-state index in [9.17, 15) is 4.79 Å². The molecule has 1 amide bonds. The molecule has 0 aliphatic carbocycles. The largest absolute Gasteiger partial charge is 0.369 e. The Labute approximate surface area is 97.6 Å². The summed E-state index contributed by atoms with van der Waals surface area (Å²) in [4.78, 5) is 13.8. The summed E-state index contributed by atoms with van der Waals surface area (Å²) in [6.45, 7) is 9.31. The number of amides is 1. The number of nitrogens with one attached hydrogen (secondary N) is 1. The molecule has 2 heterocycles. The third-order valence-electron chi connectivity index (χ3n) is 4.18. The zero-order chi connectivity index (χ0) is 12.0. The molecule has 2 saturated heterocycles. The quantitative estimate of drug-likeness (QED) is 0.712. The van der Waals surface area contributed by atoms with Crippen LogP contribution in [-0.4, -0.2) is 42.0 Å². The Kier molecular flexibility index (Phi) is 2.75. The van der Waals surface area contributed by atoms with Gasteiger partial charge in [0.2, 0.25) is 5.91 Å². The molecule has 4 heteroatoms. The SMILES string of the molecule is CC1(C)CC(N2CCC(C)(C(N)=O)C2)CN1.